The van der Waals surface area contributed by atoms with Crippen molar-refractivity contribution in [3.8, 4) is 0 Å². The third-order valence-electron chi connectivity index (χ3n) is 4.29. The summed E-state index contributed by atoms with van der Waals surface area (Å²) >= 11 is 0. The number of oxime groups is 1. The number of hydrogen-bond acceptors (Lipinski definition) is 3. The normalized spacial score (nSPS) is 16.1. The quantitative estimate of drug-likeness (QED) is 0.786. The minimum absolute atomic E-state index is 0.0870. The molecule has 1 heterocycles. The van der Waals surface area contributed by atoms with Crippen LogP contribution >= 0.6 is 0 Å². The van der Waals surface area contributed by atoms with Gasteiger partial charge in [-0.3, -0.25) is 4.79 Å². The molecule has 0 saturated heterocycles. The molecule has 0 N–H and O–H groups in total. The van der Waals surface area contributed by atoms with Gasteiger partial charge in [-0.1, -0.05) is 42.4 Å². The number of halogens is 2. The van der Waals surface area contributed by atoms with Crippen molar-refractivity contribution in [3.05, 3.63) is 71.3 Å². The van der Waals surface area contributed by atoms with Gasteiger partial charge in [0.15, 0.2) is 6.10 Å². The maximum absolute atomic E-state index is 13.9. The van der Waals surface area contributed by atoms with Gasteiger partial charge in [-0.2, -0.15) is 0 Å². The first-order valence-electron chi connectivity index (χ1n) is 8.56. The van der Waals surface area contributed by atoms with E-state index in [1.54, 1.807) is 42.2 Å². The molecule has 0 saturated carbocycles. The minimum Gasteiger partial charge on any atom is -0.390 e. The van der Waals surface area contributed by atoms with Gasteiger partial charge in [0.05, 0.1) is 12.3 Å². The van der Waals surface area contributed by atoms with Crippen molar-refractivity contribution < 1.29 is 18.4 Å². The standard InChI is InChI=1S/C20H20F2N2O2/c1-2-20(25)24(12-15-6-3-4-9-18(15)22)13-17-11-19(23-26-17)14-7-5-8-16(21)10-14/h3-10,17H,2,11-13H2,1H3/t17-/m1/s1. The predicted molar refractivity (Wildman–Crippen MR) is 94.5 cm³/mol. The summed E-state index contributed by atoms with van der Waals surface area (Å²) in [5.41, 5.74) is 1.76. The second-order valence-corrected chi connectivity index (χ2v) is 6.20. The maximum Gasteiger partial charge on any atom is 0.222 e. The molecule has 0 bridgehead atoms. The Bertz CT molecular complexity index is 823. The molecule has 1 amide bonds. The van der Waals surface area contributed by atoms with Crippen LogP contribution in [-0.2, 0) is 16.2 Å². The number of rotatable bonds is 6. The van der Waals surface area contributed by atoms with Gasteiger partial charge in [-0.25, -0.2) is 8.78 Å². The SMILES string of the molecule is CCC(=O)N(Cc1ccccc1F)C[C@H]1CC(c2cccc(F)c2)=NO1. The molecule has 1 aliphatic rings. The fraction of sp³-hybridized carbons (Fsp3) is 0.300. The van der Waals surface area contributed by atoms with E-state index in [9.17, 15) is 13.6 Å². The van der Waals surface area contributed by atoms with Crippen LogP contribution in [0.3, 0.4) is 0 Å². The largest absolute Gasteiger partial charge is 0.390 e. The Morgan fingerprint density at radius 3 is 2.77 bits per heavy atom. The van der Waals surface area contributed by atoms with Gasteiger partial charge < -0.3 is 9.74 Å². The average molecular weight is 358 g/mol. The van der Waals surface area contributed by atoms with Crippen LogP contribution in [0.15, 0.2) is 53.7 Å². The number of hydrogen-bond donors (Lipinski definition) is 0. The summed E-state index contributed by atoms with van der Waals surface area (Å²) in [5.74, 6) is -0.766. The van der Waals surface area contributed by atoms with Crippen LogP contribution in [0.5, 0.6) is 0 Å². The first-order chi connectivity index (χ1) is 12.6. The first kappa shape index (κ1) is 18.0. The molecule has 4 nitrogen and oxygen atoms in total. The van der Waals surface area contributed by atoms with Crippen LogP contribution in [0.1, 0.15) is 30.9 Å². The van der Waals surface area contributed by atoms with Gasteiger partial charge in [-0.05, 0) is 18.2 Å². The fourth-order valence-electron chi connectivity index (χ4n) is 2.92. The molecule has 6 heteroatoms. The van der Waals surface area contributed by atoms with Crippen molar-refractivity contribution in [2.75, 3.05) is 6.54 Å². The number of amides is 1. The highest BCUT2D eigenvalue weighted by Gasteiger charge is 2.27. The Kier molecular flexibility index (Phi) is 5.61. The average Bonchev–Trinajstić information content (AvgIpc) is 3.11. The zero-order valence-electron chi connectivity index (χ0n) is 14.5. The number of nitrogens with zero attached hydrogens (tertiary/aromatic N) is 2. The molecule has 0 radical (unpaired) electrons. The van der Waals surface area contributed by atoms with E-state index in [4.69, 9.17) is 4.84 Å². The van der Waals surface area contributed by atoms with Crippen LogP contribution in [0.4, 0.5) is 8.78 Å². The number of carbonyl (C=O) groups excluding carboxylic acids is 1. The summed E-state index contributed by atoms with van der Waals surface area (Å²) < 4.78 is 27.3. The fourth-order valence-corrected chi connectivity index (χ4v) is 2.92. The van der Waals surface area contributed by atoms with Crippen molar-refractivity contribution in [3.63, 3.8) is 0 Å². The molecule has 26 heavy (non-hydrogen) atoms. The van der Waals surface area contributed by atoms with Crippen LogP contribution in [0.25, 0.3) is 0 Å². The second-order valence-electron chi connectivity index (χ2n) is 6.20. The zero-order valence-corrected chi connectivity index (χ0v) is 14.5. The summed E-state index contributed by atoms with van der Waals surface area (Å²) in [6, 6.07) is 12.5. The van der Waals surface area contributed by atoms with E-state index < -0.39 is 0 Å². The molecular formula is C20H20F2N2O2. The summed E-state index contributed by atoms with van der Waals surface area (Å²) in [6.07, 6.45) is 0.447. The Labute approximate surface area is 151 Å². The Morgan fingerprint density at radius 2 is 2.04 bits per heavy atom. The molecule has 3 rings (SSSR count). The first-order valence-corrected chi connectivity index (χ1v) is 8.56. The summed E-state index contributed by atoms with van der Waals surface area (Å²) in [4.78, 5) is 19.3. The zero-order chi connectivity index (χ0) is 18.5. The van der Waals surface area contributed by atoms with E-state index in [1.807, 2.05) is 0 Å². The Balaban J connectivity index is 1.67. The summed E-state index contributed by atoms with van der Waals surface area (Å²) in [7, 11) is 0. The lowest BCUT2D eigenvalue weighted by Gasteiger charge is -2.24. The monoisotopic (exact) mass is 358 g/mol. The highest BCUT2D eigenvalue weighted by Crippen LogP contribution is 2.20. The molecule has 0 aliphatic carbocycles. The van der Waals surface area contributed by atoms with E-state index in [0.29, 0.717) is 36.2 Å². The summed E-state index contributed by atoms with van der Waals surface area (Å²) in [6.45, 7) is 2.23. The second kappa shape index (κ2) is 8.08. The summed E-state index contributed by atoms with van der Waals surface area (Å²) in [5, 5.41) is 4.03. The number of carbonyl (C=O) groups is 1. The van der Waals surface area contributed by atoms with Gasteiger partial charge in [-0.15, -0.1) is 0 Å². The lowest BCUT2D eigenvalue weighted by molar-refractivity contribution is -0.133. The van der Waals surface area contributed by atoms with E-state index in [1.165, 1.54) is 18.2 Å². The van der Waals surface area contributed by atoms with Crippen molar-refractivity contribution in [2.45, 2.75) is 32.4 Å². The molecule has 0 spiro atoms. The van der Waals surface area contributed by atoms with Crippen molar-refractivity contribution >= 4 is 11.6 Å². The molecular weight excluding hydrogens is 338 g/mol. The van der Waals surface area contributed by atoms with Crippen LogP contribution in [0.2, 0.25) is 0 Å². The van der Waals surface area contributed by atoms with Gasteiger partial charge in [0.25, 0.3) is 0 Å². The molecule has 0 fully saturated rings. The van der Waals surface area contributed by atoms with Crippen molar-refractivity contribution in [1.29, 1.82) is 0 Å². The highest BCUT2D eigenvalue weighted by atomic mass is 19.1. The van der Waals surface area contributed by atoms with E-state index in [-0.39, 0.29) is 30.2 Å². The van der Waals surface area contributed by atoms with Crippen molar-refractivity contribution in [1.82, 2.24) is 4.90 Å². The van der Waals surface area contributed by atoms with Gasteiger partial charge in [0.2, 0.25) is 5.91 Å². The third-order valence-corrected chi connectivity index (χ3v) is 4.29. The molecule has 1 atom stereocenters. The highest BCUT2D eigenvalue weighted by molar-refractivity contribution is 6.01. The van der Waals surface area contributed by atoms with Crippen LogP contribution in [0, 0.1) is 11.6 Å². The van der Waals surface area contributed by atoms with Crippen LogP contribution in [-0.4, -0.2) is 29.2 Å². The van der Waals surface area contributed by atoms with E-state index >= 15 is 0 Å². The van der Waals surface area contributed by atoms with Crippen LogP contribution < -0.4 is 0 Å². The molecule has 1 aliphatic heterocycles. The van der Waals surface area contributed by atoms with E-state index in [0.717, 1.165) is 0 Å². The van der Waals surface area contributed by atoms with Gasteiger partial charge in [0.1, 0.15) is 11.6 Å². The molecule has 2 aromatic carbocycles. The topological polar surface area (TPSA) is 41.9 Å². The lowest BCUT2D eigenvalue weighted by Crippen LogP contribution is -2.37. The van der Waals surface area contributed by atoms with Gasteiger partial charge in [0, 0.05) is 30.5 Å². The molecule has 2 aromatic rings. The van der Waals surface area contributed by atoms with Gasteiger partial charge >= 0.3 is 0 Å². The lowest BCUT2D eigenvalue weighted by atomic mass is 10.0. The molecule has 136 valence electrons. The smallest absolute Gasteiger partial charge is 0.222 e. The third kappa shape index (κ3) is 4.25. The predicted octanol–water partition coefficient (Wildman–Crippen LogP) is 3.90. The van der Waals surface area contributed by atoms with E-state index in [2.05, 4.69) is 5.16 Å². The van der Waals surface area contributed by atoms with Crippen molar-refractivity contribution in [2.24, 2.45) is 5.16 Å². The maximum atomic E-state index is 13.9. The minimum atomic E-state index is -0.342. The number of benzene rings is 2. The molecule has 0 aromatic heterocycles. The molecule has 0 unspecified atom stereocenters. The Hall–Kier alpha value is -2.76. The Morgan fingerprint density at radius 1 is 1.23 bits per heavy atom.